The Hall–Kier alpha value is -2.70. The van der Waals surface area contributed by atoms with Crippen molar-refractivity contribution in [2.45, 2.75) is 16.6 Å². The van der Waals surface area contributed by atoms with E-state index in [4.69, 9.17) is 5.73 Å². The minimum Gasteiger partial charge on any atom is -0.477 e. The number of aliphatic carboxylic acids is 1. The molecule has 0 unspecified atom stereocenters. The van der Waals surface area contributed by atoms with E-state index in [-0.39, 0.29) is 17.0 Å². The first-order chi connectivity index (χ1) is 13.6. The second-order valence-electron chi connectivity index (χ2n) is 5.99. The van der Waals surface area contributed by atoms with Crippen LogP contribution in [0.5, 0.6) is 0 Å². The number of β-lactam (4-membered cyclic amide) rings is 1. The number of amides is 1. The zero-order valence-electron chi connectivity index (χ0n) is 14.4. The Morgan fingerprint density at radius 3 is 2.96 bits per heavy atom. The molecule has 1 fully saturated rings. The molecule has 1 amide bonds. The van der Waals surface area contributed by atoms with Gasteiger partial charge in [0, 0.05) is 11.5 Å². The number of thioether (sulfide) groups is 2. The minimum absolute atomic E-state index is 0.00904. The Kier molecular flexibility index (Phi) is 5.15. The second kappa shape index (κ2) is 7.73. The molecule has 0 spiro atoms. The van der Waals surface area contributed by atoms with Crippen LogP contribution in [0, 0.1) is 0 Å². The number of carbonyl (C=O) groups is 2. The van der Waals surface area contributed by atoms with Crippen LogP contribution in [0.1, 0.15) is 5.56 Å². The van der Waals surface area contributed by atoms with Gasteiger partial charge in [0.2, 0.25) is 11.1 Å². The molecule has 0 radical (unpaired) electrons. The first kappa shape index (κ1) is 18.7. The van der Waals surface area contributed by atoms with Gasteiger partial charge in [0.05, 0.1) is 6.21 Å². The quantitative estimate of drug-likeness (QED) is 0.384. The number of nitrogens with zero attached hydrogens (tertiary/aromatic N) is 6. The van der Waals surface area contributed by atoms with Crippen LogP contribution in [0.3, 0.4) is 0 Å². The summed E-state index contributed by atoms with van der Waals surface area (Å²) in [5.74, 6) is -0.704. The van der Waals surface area contributed by atoms with Gasteiger partial charge in [-0.3, -0.25) is 9.69 Å². The van der Waals surface area contributed by atoms with Crippen LogP contribution >= 0.6 is 23.5 Å². The van der Waals surface area contributed by atoms with Crippen molar-refractivity contribution in [2.24, 2.45) is 10.8 Å². The number of aromatic nitrogens is 4. The summed E-state index contributed by atoms with van der Waals surface area (Å²) >= 11 is 2.72. The zero-order chi connectivity index (χ0) is 19.7. The Balaban J connectivity index is 1.50. The summed E-state index contributed by atoms with van der Waals surface area (Å²) in [6.07, 6.45) is 1.63. The van der Waals surface area contributed by atoms with E-state index in [0.29, 0.717) is 22.2 Å². The number of carboxylic acids is 1. The number of fused-ring (bicyclic) bond motifs is 1. The van der Waals surface area contributed by atoms with Gasteiger partial charge >= 0.3 is 5.97 Å². The van der Waals surface area contributed by atoms with Crippen molar-refractivity contribution >= 4 is 41.6 Å². The van der Waals surface area contributed by atoms with Gasteiger partial charge in [-0.1, -0.05) is 47.2 Å². The molecular formula is C16H15N7O3S2. The summed E-state index contributed by atoms with van der Waals surface area (Å²) < 4.78 is 0. The number of carbonyl (C=O) groups excluding carboxylic acids is 1. The minimum atomic E-state index is -1.14. The predicted octanol–water partition coefficient (Wildman–Crippen LogP) is 0.229. The van der Waals surface area contributed by atoms with Crippen LogP contribution in [0.2, 0.25) is 0 Å². The maximum atomic E-state index is 12.0. The molecule has 2 aromatic rings. The highest BCUT2D eigenvalue weighted by Crippen LogP contribution is 2.40. The maximum Gasteiger partial charge on any atom is 0.352 e. The molecule has 2 aliphatic rings. The Bertz CT molecular complexity index is 976. The standard InChI is InChI=1S/C16H15N7O3S2/c17-11-13(24)22-12(15(25)26)10(7-27-14(11)22)8-28-16-19-20-21-23(16)18-6-9-4-2-1-3-5-9/h1-6,11,14H,7-8,17H2,(H,25,26)/t11-,14+/m1/s1. The van der Waals surface area contributed by atoms with Crippen LogP contribution in [-0.4, -0.2) is 71.3 Å². The third-order valence-corrected chi connectivity index (χ3v) is 6.56. The zero-order valence-corrected chi connectivity index (χ0v) is 16.0. The fourth-order valence-electron chi connectivity index (χ4n) is 2.84. The average molecular weight is 417 g/mol. The molecular weight excluding hydrogens is 402 g/mol. The molecule has 3 heterocycles. The molecule has 1 aromatic heterocycles. The molecule has 2 aliphatic heterocycles. The molecule has 12 heteroatoms. The van der Waals surface area contributed by atoms with Gasteiger partial charge in [-0.25, -0.2) is 4.79 Å². The molecule has 0 saturated carbocycles. The predicted molar refractivity (Wildman–Crippen MR) is 104 cm³/mol. The molecule has 1 saturated heterocycles. The van der Waals surface area contributed by atoms with E-state index in [0.717, 1.165) is 5.56 Å². The fourth-order valence-corrected chi connectivity index (χ4v) is 5.09. The number of tetrazole rings is 1. The van der Waals surface area contributed by atoms with Crippen molar-refractivity contribution < 1.29 is 14.7 Å². The van der Waals surface area contributed by atoms with Crippen molar-refractivity contribution in [2.75, 3.05) is 11.5 Å². The average Bonchev–Trinajstić information content (AvgIpc) is 3.17. The molecule has 4 rings (SSSR count). The van der Waals surface area contributed by atoms with E-state index >= 15 is 0 Å². The fraction of sp³-hybridized carbons (Fsp3) is 0.250. The monoisotopic (exact) mass is 417 g/mol. The smallest absolute Gasteiger partial charge is 0.352 e. The highest BCUT2D eigenvalue weighted by Gasteiger charge is 2.51. The lowest BCUT2D eigenvalue weighted by molar-refractivity contribution is -0.147. The number of rotatable bonds is 6. The maximum absolute atomic E-state index is 12.0. The molecule has 144 valence electrons. The van der Waals surface area contributed by atoms with Gasteiger partial charge < -0.3 is 10.8 Å². The van der Waals surface area contributed by atoms with Crippen molar-refractivity contribution in [3.05, 3.63) is 47.2 Å². The number of benzene rings is 1. The van der Waals surface area contributed by atoms with E-state index in [2.05, 4.69) is 20.6 Å². The first-order valence-electron chi connectivity index (χ1n) is 8.22. The number of nitrogens with two attached hydrogens (primary N) is 1. The van der Waals surface area contributed by atoms with Crippen molar-refractivity contribution in [1.29, 1.82) is 0 Å². The van der Waals surface area contributed by atoms with Crippen molar-refractivity contribution in [3.63, 3.8) is 0 Å². The van der Waals surface area contributed by atoms with Gasteiger partial charge in [-0.05, 0) is 21.6 Å². The normalized spacial score (nSPS) is 21.8. The third-order valence-electron chi connectivity index (χ3n) is 4.21. The number of hydrogen-bond acceptors (Lipinski definition) is 9. The van der Waals surface area contributed by atoms with Crippen LogP contribution < -0.4 is 5.73 Å². The highest BCUT2D eigenvalue weighted by atomic mass is 32.2. The third kappa shape index (κ3) is 3.41. The van der Waals surface area contributed by atoms with E-state index in [1.54, 1.807) is 6.21 Å². The van der Waals surface area contributed by atoms with E-state index in [1.165, 1.54) is 33.2 Å². The van der Waals surface area contributed by atoms with Gasteiger partial charge in [-0.2, -0.15) is 5.10 Å². The lowest BCUT2D eigenvalue weighted by Crippen LogP contribution is -2.68. The molecule has 1 aromatic carbocycles. The van der Waals surface area contributed by atoms with Crippen LogP contribution in [0.4, 0.5) is 0 Å². The van der Waals surface area contributed by atoms with Gasteiger partial charge in [-0.15, -0.1) is 16.6 Å². The molecule has 10 nitrogen and oxygen atoms in total. The van der Waals surface area contributed by atoms with Crippen LogP contribution in [0.15, 0.2) is 51.9 Å². The van der Waals surface area contributed by atoms with Crippen LogP contribution in [0.25, 0.3) is 0 Å². The van der Waals surface area contributed by atoms with E-state index < -0.39 is 12.0 Å². The Morgan fingerprint density at radius 2 is 2.21 bits per heavy atom. The second-order valence-corrected chi connectivity index (χ2v) is 8.04. The summed E-state index contributed by atoms with van der Waals surface area (Å²) in [4.78, 5) is 26.3. The lowest BCUT2D eigenvalue weighted by Gasteiger charge is -2.48. The first-order valence-corrected chi connectivity index (χ1v) is 10.3. The largest absolute Gasteiger partial charge is 0.477 e. The van der Waals surface area contributed by atoms with Gasteiger partial charge in [0.25, 0.3) is 0 Å². The van der Waals surface area contributed by atoms with E-state index in [9.17, 15) is 14.7 Å². The summed E-state index contributed by atoms with van der Waals surface area (Å²) in [5.41, 5.74) is 7.29. The summed E-state index contributed by atoms with van der Waals surface area (Å²) in [5, 5.41) is 25.3. The number of hydrogen-bond donors (Lipinski definition) is 2. The summed E-state index contributed by atoms with van der Waals surface area (Å²) in [6, 6.07) is 8.85. The van der Waals surface area contributed by atoms with Crippen LogP contribution in [-0.2, 0) is 9.59 Å². The van der Waals surface area contributed by atoms with Crippen molar-refractivity contribution in [3.8, 4) is 0 Å². The number of carboxylic acid groups (broad SMARTS) is 1. The molecule has 2 atom stereocenters. The molecule has 0 bridgehead atoms. The SMILES string of the molecule is N[C@@H]1C(=O)N2C(C(=O)O)=C(CSc3nnnn3N=Cc3ccccc3)CS[C@@H]12. The molecule has 28 heavy (non-hydrogen) atoms. The summed E-state index contributed by atoms with van der Waals surface area (Å²) in [6.45, 7) is 0. The summed E-state index contributed by atoms with van der Waals surface area (Å²) in [7, 11) is 0. The Morgan fingerprint density at radius 1 is 1.43 bits per heavy atom. The van der Waals surface area contributed by atoms with Gasteiger partial charge in [0.1, 0.15) is 17.1 Å². The van der Waals surface area contributed by atoms with E-state index in [1.807, 2.05) is 30.3 Å². The Labute approximate surface area is 167 Å². The van der Waals surface area contributed by atoms with Gasteiger partial charge in [0.15, 0.2) is 0 Å². The highest BCUT2D eigenvalue weighted by molar-refractivity contribution is 8.01. The van der Waals surface area contributed by atoms with Crippen molar-refractivity contribution in [1.82, 2.24) is 25.2 Å². The molecule has 3 N–H and O–H groups in total. The lowest BCUT2D eigenvalue weighted by atomic mass is 10.0. The topological polar surface area (TPSA) is 140 Å². The molecule has 0 aliphatic carbocycles.